The third-order valence-corrected chi connectivity index (χ3v) is 2.88. The van der Waals surface area contributed by atoms with Gasteiger partial charge in [-0.2, -0.15) is 5.10 Å². The van der Waals surface area contributed by atoms with Crippen molar-refractivity contribution in [1.82, 2.24) is 20.2 Å². The van der Waals surface area contributed by atoms with Gasteiger partial charge in [-0.15, -0.1) is 5.10 Å². The molecule has 2 rings (SSSR count). The summed E-state index contributed by atoms with van der Waals surface area (Å²) in [5.41, 5.74) is 3.97. The van der Waals surface area contributed by atoms with Crippen molar-refractivity contribution in [3.05, 3.63) is 41.0 Å². The molecule has 0 radical (unpaired) electrons. The van der Waals surface area contributed by atoms with Crippen molar-refractivity contribution in [3.63, 3.8) is 0 Å². The first-order valence-electron chi connectivity index (χ1n) is 6.61. The zero-order chi connectivity index (χ0) is 13.7. The number of pyridine rings is 1. The summed E-state index contributed by atoms with van der Waals surface area (Å²) in [6.45, 7) is 6.73. The number of hydrogen-bond acceptors (Lipinski definition) is 5. The number of hydrogen-bond donors (Lipinski definition) is 1. The number of aromatic nitrogens is 4. The Bertz CT molecular complexity index is 553. The third kappa shape index (κ3) is 3.47. The lowest BCUT2D eigenvalue weighted by Gasteiger charge is -2.07. The van der Waals surface area contributed by atoms with E-state index in [2.05, 4.69) is 39.3 Å². The Morgan fingerprint density at radius 2 is 1.79 bits per heavy atom. The fraction of sp³-hybridized carbons (Fsp3) is 0.429. The van der Waals surface area contributed by atoms with Crippen LogP contribution in [0.1, 0.15) is 36.6 Å². The van der Waals surface area contributed by atoms with Crippen LogP contribution in [0.3, 0.4) is 0 Å². The van der Waals surface area contributed by atoms with E-state index in [4.69, 9.17) is 0 Å². The summed E-state index contributed by atoms with van der Waals surface area (Å²) in [5, 5.41) is 11.5. The molecule has 0 aliphatic carbocycles. The molecule has 5 nitrogen and oxygen atoms in total. The molecule has 2 heterocycles. The van der Waals surface area contributed by atoms with Gasteiger partial charge in [0, 0.05) is 5.69 Å². The summed E-state index contributed by atoms with van der Waals surface area (Å²) in [6, 6.07) is 5.96. The molecule has 1 N–H and O–H groups in total. The van der Waals surface area contributed by atoms with Crippen LogP contribution in [0, 0.1) is 6.92 Å². The molecule has 0 fully saturated rings. The zero-order valence-electron chi connectivity index (χ0n) is 11.6. The van der Waals surface area contributed by atoms with E-state index in [-0.39, 0.29) is 0 Å². The first-order chi connectivity index (χ1) is 9.22. The average molecular weight is 257 g/mol. The monoisotopic (exact) mass is 257 g/mol. The van der Waals surface area contributed by atoms with Gasteiger partial charge >= 0.3 is 0 Å². The maximum absolute atomic E-state index is 4.49. The lowest BCUT2D eigenvalue weighted by molar-refractivity contribution is 0.817. The van der Waals surface area contributed by atoms with E-state index < -0.39 is 0 Å². The second kappa shape index (κ2) is 6.22. The molecule has 19 heavy (non-hydrogen) atoms. The van der Waals surface area contributed by atoms with Crippen LogP contribution >= 0.6 is 0 Å². The molecular formula is C14H19N5. The minimum Gasteiger partial charge on any atom is -0.347 e. The zero-order valence-corrected chi connectivity index (χ0v) is 11.6. The summed E-state index contributed by atoms with van der Waals surface area (Å²) < 4.78 is 0. The molecule has 0 aliphatic rings. The van der Waals surface area contributed by atoms with Gasteiger partial charge < -0.3 is 5.32 Å². The van der Waals surface area contributed by atoms with E-state index in [0.29, 0.717) is 12.5 Å². The van der Waals surface area contributed by atoms with Gasteiger partial charge in [0.2, 0.25) is 5.95 Å². The quantitative estimate of drug-likeness (QED) is 0.890. The molecule has 0 unspecified atom stereocenters. The molecule has 0 bridgehead atoms. The smallest absolute Gasteiger partial charge is 0.243 e. The van der Waals surface area contributed by atoms with E-state index in [9.17, 15) is 0 Å². The lowest BCUT2D eigenvalue weighted by atomic mass is 10.2. The van der Waals surface area contributed by atoms with E-state index in [1.807, 2.05) is 25.1 Å². The van der Waals surface area contributed by atoms with E-state index >= 15 is 0 Å². The number of nitrogens with zero attached hydrogens (tertiary/aromatic N) is 4. The van der Waals surface area contributed by atoms with Crippen molar-refractivity contribution in [2.75, 3.05) is 5.32 Å². The van der Waals surface area contributed by atoms with Crippen LogP contribution in [0.5, 0.6) is 0 Å². The van der Waals surface area contributed by atoms with Crippen LogP contribution < -0.4 is 5.32 Å². The molecule has 0 aliphatic heterocycles. The Morgan fingerprint density at radius 1 is 1.00 bits per heavy atom. The second-order valence-electron chi connectivity index (χ2n) is 4.36. The highest BCUT2D eigenvalue weighted by molar-refractivity contribution is 5.27. The fourth-order valence-electron chi connectivity index (χ4n) is 1.88. The van der Waals surface area contributed by atoms with Crippen LogP contribution in [0.25, 0.3) is 0 Å². The van der Waals surface area contributed by atoms with Crippen LogP contribution in [-0.4, -0.2) is 20.2 Å². The van der Waals surface area contributed by atoms with Gasteiger partial charge in [0.15, 0.2) is 0 Å². The number of nitrogens with one attached hydrogen (secondary N) is 1. The molecule has 0 spiro atoms. The highest BCUT2D eigenvalue weighted by Gasteiger charge is 2.06. The lowest BCUT2D eigenvalue weighted by Crippen LogP contribution is -2.10. The maximum Gasteiger partial charge on any atom is 0.243 e. The Balaban J connectivity index is 2.07. The normalized spacial score (nSPS) is 10.5. The van der Waals surface area contributed by atoms with Crippen LogP contribution in [0.2, 0.25) is 0 Å². The van der Waals surface area contributed by atoms with Gasteiger partial charge in [0.25, 0.3) is 0 Å². The van der Waals surface area contributed by atoms with Crippen molar-refractivity contribution in [1.29, 1.82) is 0 Å². The molecule has 0 atom stereocenters. The molecule has 0 aromatic carbocycles. The van der Waals surface area contributed by atoms with Gasteiger partial charge in [-0.25, -0.2) is 4.98 Å². The van der Waals surface area contributed by atoms with E-state index in [0.717, 1.165) is 35.6 Å². The van der Waals surface area contributed by atoms with Gasteiger partial charge in [0.05, 0.1) is 23.6 Å². The average Bonchev–Trinajstić information content (AvgIpc) is 2.45. The summed E-state index contributed by atoms with van der Waals surface area (Å²) in [4.78, 5) is 8.91. The topological polar surface area (TPSA) is 63.6 Å². The molecule has 100 valence electrons. The fourth-order valence-corrected chi connectivity index (χ4v) is 1.88. The number of anilines is 1. The summed E-state index contributed by atoms with van der Waals surface area (Å²) in [7, 11) is 0. The molecule has 2 aromatic rings. The second-order valence-corrected chi connectivity index (χ2v) is 4.36. The van der Waals surface area contributed by atoms with E-state index in [1.165, 1.54) is 0 Å². The number of aryl methyl sites for hydroxylation is 3. The minimum atomic E-state index is 0.567. The largest absolute Gasteiger partial charge is 0.347 e. The first-order valence-corrected chi connectivity index (χ1v) is 6.61. The highest BCUT2D eigenvalue weighted by atomic mass is 15.2. The molecule has 0 amide bonds. The standard InChI is InChI=1S/C14H19N5/c1-4-12-13(5-2)18-19-14(17-12)15-9-11-8-6-7-10(3)16-11/h6-8H,4-5,9H2,1-3H3,(H,15,17,19). The molecule has 0 saturated carbocycles. The van der Waals surface area contributed by atoms with Gasteiger partial charge in [-0.3, -0.25) is 4.98 Å². The molecule has 2 aromatic heterocycles. The summed E-state index contributed by atoms with van der Waals surface area (Å²) in [6.07, 6.45) is 1.74. The first kappa shape index (κ1) is 13.4. The van der Waals surface area contributed by atoms with Crippen LogP contribution in [-0.2, 0) is 19.4 Å². The van der Waals surface area contributed by atoms with E-state index in [1.54, 1.807) is 0 Å². The molecule has 5 heteroatoms. The Hall–Kier alpha value is -2.04. The maximum atomic E-state index is 4.49. The Labute approximate surface area is 113 Å². The third-order valence-electron chi connectivity index (χ3n) is 2.88. The Morgan fingerprint density at radius 3 is 2.47 bits per heavy atom. The van der Waals surface area contributed by atoms with Gasteiger partial charge in [0.1, 0.15) is 0 Å². The summed E-state index contributed by atoms with van der Waals surface area (Å²) >= 11 is 0. The van der Waals surface area contributed by atoms with Gasteiger partial charge in [-0.1, -0.05) is 19.9 Å². The van der Waals surface area contributed by atoms with Crippen LogP contribution in [0.15, 0.2) is 18.2 Å². The van der Waals surface area contributed by atoms with Crippen molar-refractivity contribution < 1.29 is 0 Å². The van der Waals surface area contributed by atoms with Crippen molar-refractivity contribution in [2.45, 2.75) is 40.2 Å². The molecule has 0 saturated heterocycles. The summed E-state index contributed by atoms with van der Waals surface area (Å²) in [5.74, 6) is 0.567. The Kier molecular flexibility index (Phi) is 4.39. The van der Waals surface area contributed by atoms with Gasteiger partial charge in [-0.05, 0) is 31.9 Å². The minimum absolute atomic E-state index is 0.567. The van der Waals surface area contributed by atoms with Crippen molar-refractivity contribution in [3.8, 4) is 0 Å². The predicted molar refractivity (Wildman–Crippen MR) is 74.9 cm³/mol. The van der Waals surface area contributed by atoms with Crippen LogP contribution in [0.4, 0.5) is 5.95 Å². The van der Waals surface area contributed by atoms with Crippen molar-refractivity contribution in [2.24, 2.45) is 0 Å². The highest BCUT2D eigenvalue weighted by Crippen LogP contribution is 2.08. The molecular weight excluding hydrogens is 238 g/mol. The van der Waals surface area contributed by atoms with Crippen molar-refractivity contribution >= 4 is 5.95 Å². The SMILES string of the molecule is CCc1nnc(NCc2cccc(C)n2)nc1CC. The number of rotatable bonds is 5. The predicted octanol–water partition coefficient (Wildman–Crippen LogP) is 2.31.